The third-order valence-electron chi connectivity index (χ3n) is 3.41. The zero-order valence-electron chi connectivity index (χ0n) is 11.4. The lowest BCUT2D eigenvalue weighted by molar-refractivity contribution is -0.141. The molecule has 1 fully saturated rings. The summed E-state index contributed by atoms with van der Waals surface area (Å²) in [4.78, 5) is 5.24. The van der Waals surface area contributed by atoms with Crippen molar-refractivity contribution in [1.82, 2.24) is 4.98 Å². The van der Waals surface area contributed by atoms with Crippen molar-refractivity contribution in [2.75, 3.05) is 23.0 Å². The van der Waals surface area contributed by atoms with Crippen LogP contribution in [-0.4, -0.2) is 37.5 Å². The molecule has 1 atom stereocenters. The Morgan fingerprint density at radius 3 is 2.62 bits per heavy atom. The number of pyridine rings is 1. The molecule has 0 spiro atoms. The van der Waals surface area contributed by atoms with Crippen LogP contribution >= 0.6 is 0 Å². The van der Waals surface area contributed by atoms with E-state index in [1.54, 1.807) is 11.8 Å². The highest BCUT2D eigenvalue weighted by Crippen LogP contribution is 2.31. The van der Waals surface area contributed by atoms with Crippen LogP contribution in [0.15, 0.2) is 12.1 Å². The largest absolute Gasteiger partial charge is 0.433 e. The van der Waals surface area contributed by atoms with Crippen molar-refractivity contribution in [3.63, 3.8) is 0 Å². The van der Waals surface area contributed by atoms with Crippen LogP contribution < -0.4 is 10.6 Å². The number of halogens is 3. The van der Waals surface area contributed by atoms with Gasteiger partial charge in [-0.25, -0.2) is 13.4 Å². The van der Waals surface area contributed by atoms with E-state index in [0.717, 1.165) is 6.07 Å². The minimum absolute atomic E-state index is 0.0381. The quantitative estimate of drug-likeness (QED) is 0.884. The van der Waals surface area contributed by atoms with Gasteiger partial charge in [0.15, 0.2) is 9.84 Å². The number of aromatic nitrogens is 1. The van der Waals surface area contributed by atoms with Crippen LogP contribution in [0.4, 0.5) is 19.0 Å². The average Bonchev–Trinajstić information content (AvgIpc) is 2.36. The molecule has 2 heterocycles. The van der Waals surface area contributed by atoms with Crippen LogP contribution in [0.1, 0.15) is 18.2 Å². The predicted molar refractivity (Wildman–Crippen MR) is 72.6 cm³/mol. The van der Waals surface area contributed by atoms with E-state index in [1.165, 1.54) is 6.07 Å². The van der Waals surface area contributed by atoms with Crippen molar-refractivity contribution in [2.24, 2.45) is 5.73 Å². The summed E-state index contributed by atoms with van der Waals surface area (Å²) in [5.74, 6) is -0.0801. The normalized spacial score (nSPS) is 22.3. The standard InChI is InChI=1S/C12H16F3N3O2S/c1-8-7-21(19,20)5-4-18(8)11-9(6-16)2-3-10(17-11)12(13,14)15/h2-3,8H,4-7,16H2,1H3. The molecule has 21 heavy (non-hydrogen) atoms. The van der Waals surface area contributed by atoms with Crippen molar-refractivity contribution in [3.8, 4) is 0 Å². The molecule has 1 aliphatic rings. The zero-order chi connectivity index (χ0) is 15.8. The van der Waals surface area contributed by atoms with Crippen LogP contribution in [-0.2, 0) is 22.6 Å². The third-order valence-corrected chi connectivity index (χ3v) is 5.20. The molecule has 1 saturated heterocycles. The smallest absolute Gasteiger partial charge is 0.352 e. The van der Waals surface area contributed by atoms with Gasteiger partial charge in [-0.05, 0) is 13.0 Å². The van der Waals surface area contributed by atoms with Crippen molar-refractivity contribution in [2.45, 2.75) is 25.7 Å². The summed E-state index contributed by atoms with van der Waals surface area (Å²) in [5.41, 5.74) is 5.01. The van der Waals surface area contributed by atoms with E-state index in [0.29, 0.717) is 5.56 Å². The molecule has 118 valence electrons. The Bertz CT molecular complexity index is 631. The maximum absolute atomic E-state index is 12.8. The van der Waals surface area contributed by atoms with Gasteiger partial charge in [0.2, 0.25) is 0 Å². The summed E-state index contributed by atoms with van der Waals surface area (Å²) in [6.07, 6.45) is -4.55. The number of hydrogen-bond donors (Lipinski definition) is 1. The Balaban J connectivity index is 2.42. The lowest BCUT2D eigenvalue weighted by Gasteiger charge is -2.35. The lowest BCUT2D eigenvalue weighted by Crippen LogP contribution is -2.48. The van der Waals surface area contributed by atoms with Gasteiger partial charge in [-0.3, -0.25) is 0 Å². The van der Waals surface area contributed by atoms with E-state index in [4.69, 9.17) is 5.73 Å². The number of hydrogen-bond acceptors (Lipinski definition) is 5. The third kappa shape index (κ3) is 3.46. The number of alkyl halides is 3. The number of rotatable bonds is 2. The fourth-order valence-corrected chi connectivity index (χ4v) is 3.91. The minimum atomic E-state index is -4.55. The van der Waals surface area contributed by atoms with Gasteiger partial charge >= 0.3 is 6.18 Å². The lowest BCUT2D eigenvalue weighted by atomic mass is 10.2. The summed E-state index contributed by atoms with van der Waals surface area (Å²) < 4.78 is 61.5. The van der Waals surface area contributed by atoms with Gasteiger partial charge in [0, 0.05) is 24.7 Å². The Morgan fingerprint density at radius 1 is 1.43 bits per heavy atom. The Labute approximate surface area is 120 Å². The van der Waals surface area contributed by atoms with Gasteiger partial charge in [0.1, 0.15) is 11.5 Å². The summed E-state index contributed by atoms with van der Waals surface area (Å²) >= 11 is 0. The van der Waals surface area contributed by atoms with Crippen molar-refractivity contribution >= 4 is 15.7 Å². The van der Waals surface area contributed by atoms with E-state index in [1.807, 2.05) is 0 Å². The van der Waals surface area contributed by atoms with Gasteiger partial charge in [-0.2, -0.15) is 13.2 Å². The highest BCUT2D eigenvalue weighted by molar-refractivity contribution is 7.91. The molecule has 2 rings (SSSR count). The van der Waals surface area contributed by atoms with Gasteiger partial charge in [-0.1, -0.05) is 6.07 Å². The molecule has 0 aromatic carbocycles. The van der Waals surface area contributed by atoms with Crippen LogP contribution in [0.25, 0.3) is 0 Å². The molecule has 0 aliphatic carbocycles. The molecule has 0 saturated carbocycles. The first kappa shape index (κ1) is 16.0. The van der Waals surface area contributed by atoms with E-state index >= 15 is 0 Å². The molecule has 5 nitrogen and oxygen atoms in total. The van der Waals surface area contributed by atoms with Crippen molar-refractivity contribution in [1.29, 1.82) is 0 Å². The van der Waals surface area contributed by atoms with Crippen LogP contribution in [0.5, 0.6) is 0 Å². The van der Waals surface area contributed by atoms with Gasteiger partial charge in [0.05, 0.1) is 11.5 Å². The molecule has 9 heteroatoms. The van der Waals surface area contributed by atoms with Gasteiger partial charge in [0.25, 0.3) is 0 Å². The number of anilines is 1. The average molecular weight is 323 g/mol. The van der Waals surface area contributed by atoms with Crippen LogP contribution in [0, 0.1) is 0 Å². The van der Waals surface area contributed by atoms with E-state index in [-0.39, 0.29) is 30.4 Å². The van der Waals surface area contributed by atoms with E-state index in [9.17, 15) is 21.6 Å². The van der Waals surface area contributed by atoms with Gasteiger partial charge < -0.3 is 10.6 Å². The predicted octanol–water partition coefficient (Wildman–Crippen LogP) is 1.18. The molecule has 1 aromatic rings. The topological polar surface area (TPSA) is 76.3 Å². The molecule has 2 N–H and O–H groups in total. The first-order chi connectivity index (χ1) is 9.64. The molecule has 1 aliphatic heterocycles. The van der Waals surface area contributed by atoms with Crippen molar-refractivity contribution < 1.29 is 21.6 Å². The fourth-order valence-electron chi connectivity index (χ4n) is 2.36. The zero-order valence-corrected chi connectivity index (χ0v) is 12.2. The molecule has 0 radical (unpaired) electrons. The second-order valence-corrected chi connectivity index (χ2v) is 7.27. The molecular weight excluding hydrogens is 307 g/mol. The molecule has 0 amide bonds. The Kier molecular flexibility index (Phi) is 4.16. The monoisotopic (exact) mass is 323 g/mol. The van der Waals surface area contributed by atoms with Gasteiger partial charge in [-0.15, -0.1) is 0 Å². The minimum Gasteiger partial charge on any atom is -0.352 e. The van der Waals surface area contributed by atoms with Crippen LogP contribution in [0.2, 0.25) is 0 Å². The summed E-state index contributed by atoms with van der Waals surface area (Å²) in [7, 11) is -3.15. The van der Waals surface area contributed by atoms with Crippen molar-refractivity contribution in [3.05, 3.63) is 23.4 Å². The highest BCUT2D eigenvalue weighted by atomic mass is 32.2. The number of nitrogens with two attached hydrogens (primary N) is 1. The first-order valence-electron chi connectivity index (χ1n) is 6.38. The molecular formula is C12H16F3N3O2S. The molecule has 1 aromatic heterocycles. The maximum atomic E-state index is 12.8. The summed E-state index contributed by atoms with van der Waals surface area (Å²) in [6.45, 7) is 1.81. The van der Waals surface area contributed by atoms with Crippen LogP contribution in [0.3, 0.4) is 0 Å². The summed E-state index contributed by atoms with van der Waals surface area (Å²) in [6, 6.07) is 1.74. The highest BCUT2D eigenvalue weighted by Gasteiger charge is 2.35. The number of sulfone groups is 1. The maximum Gasteiger partial charge on any atom is 0.433 e. The van der Waals surface area contributed by atoms with E-state index in [2.05, 4.69) is 4.98 Å². The number of nitrogens with zero attached hydrogens (tertiary/aromatic N) is 2. The second-order valence-electron chi connectivity index (χ2n) is 5.04. The fraction of sp³-hybridized carbons (Fsp3) is 0.583. The first-order valence-corrected chi connectivity index (χ1v) is 8.20. The Hall–Kier alpha value is -1.35. The second kappa shape index (κ2) is 5.45. The molecule has 0 bridgehead atoms. The molecule has 1 unspecified atom stereocenters. The SMILES string of the molecule is CC1CS(=O)(=O)CCN1c1nc(C(F)(F)F)ccc1CN. The van der Waals surface area contributed by atoms with E-state index < -0.39 is 27.7 Å². The summed E-state index contributed by atoms with van der Waals surface area (Å²) in [5, 5.41) is 0. The Morgan fingerprint density at radius 2 is 2.10 bits per heavy atom.